The number of rotatable bonds is 7. The molecule has 34 heavy (non-hydrogen) atoms. The summed E-state index contributed by atoms with van der Waals surface area (Å²) < 4.78 is 38.6. The van der Waals surface area contributed by atoms with E-state index in [0.29, 0.717) is 36.0 Å². The highest BCUT2D eigenvalue weighted by Gasteiger charge is 2.34. The highest BCUT2D eigenvalue weighted by atomic mass is 35.5. The number of likely N-dealkylation sites (tertiary alicyclic amines) is 1. The van der Waals surface area contributed by atoms with Crippen LogP contribution in [0, 0.1) is 10.8 Å². The van der Waals surface area contributed by atoms with Gasteiger partial charge >= 0.3 is 6.18 Å². The molecular formula is C23H26ClF3N6O. The lowest BCUT2D eigenvalue weighted by atomic mass is 10.1. The molecule has 1 aliphatic rings. The Balaban J connectivity index is 1.79. The molecule has 0 amide bonds. The quantitative estimate of drug-likeness (QED) is 0.199. The van der Waals surface area contributed by atoms with Crippen LogP contribution in [0.1, 0.15) is 30.9 Å². The third-order valence-corrected chi connectivity index (χ3v) is 5.77. The molecular weight excluding hydrogens is 469 g/mol. The number of benzene rings is 2. The van der Waals surface area contributed by atoms with Gasteiger partial charge in [-0.05, 0) is 61.7 Å². The number of amidine groups is 2. The summed E-state index contributed by atoms with van der Waals surface area (Å²) >= 11 is 5.96. The first-order valence-corrected chi connectivity index (χ1v) is 10.9. The van der Waals surface area contributed by atoms with Crippen molar-refractivity contribution in [2.24, 2.45) is 0 Å². The molecule has 0 aliphatic carbocycles. The number of alkyl halides is 3. The number of hydrogen-bond donors (Lipinski definition) is 5. The van der Waals surface area contributed by atoms with Gasteiger partial charge in [0.15, 0.2) is 0 Å². The normalized spacial score (nSPS) is 16.4. The van der Waals surface area contributed by atoms with Crippen molar-refractivity contribution in [1.82, 2.24) is 15.3 Å². The van der Waals surface area contributed by atoms with E-state index in [1.165, 1.54) is 18.3 Å². The van der Waals surface area contributed by atoms with Crippen LogP contribution in [0.5, 0.6) is 0 Å². The second kappa shape index (κ2) is 10.8. The highest BCUT2D eigenvalue weighted by Crippen LogP contribution is 2.31. The van der Waals surface area contributed by atoms with E-state index in [9.17, 15) is 18.4 Å². The van der Waals surface area contributed by atoms with Crippen molar-refractivity contribution in [3.63, 3.8) is 0 Å². The van der Waals surface area contributed by atoms with Crippen LogP contribution in [0.25, 0.3) is 0 Å². The maximum atomic E-state index is 12.9. The van der Waals surface area contributed by atoms with Crippen LogP contribution in [0.15, 0.2) is 60.6 Å². The first-order chi connectivity index (χ1) is 16.1. The molecule has 3 rings (SSSR count). The van der Waals surface area contributed by atoms with Gasteiger partial charge in [-0.1, -0.05) is 23.7 Å². The topological polar surface area (TPSA) is 98.5 Å². The van der Waals surface area contributed by atoms with Crippen molar-refractivity contribution in [3.8, 4) is 0 Å². The summed E-state index contributed by atoms with van der Waals surface area (Å²) in [6, 6.07) is 11.3. The number of nitrogens with one attached hydrogen (secondary N) is 4. The van der Waals surface area contributed by atoms with Crippen LogP contribution in [-0.2, 0) is 12.7 Å². The summed E-state index contributed by atoms with van der Waals surface area (Å²) in [5.74, 6) is 0.801. The van der Waals surface area contributed by atoms with Gasteiger partial charge in [-0.2, -0.15) is 13.2 Å². The lowest BCUT2D eigenvalue weighted by molar-refractivity contribution is -0.137. The van der Waals surface area contributed by atoms with Crippen molar-refractivity contribution in [2.75, 3.05) is 11.9 Å². The number of nitrogens with zero attached hydrogens (tertiary/aromatic N) is 2. The molecule has 1 unspecified atom stereocenters. The van der Waals surface area contributed by atoms with Gasteiger partial charge in [0.05, 0.1) is 30.2 Å². The Morgan fingerprint density at radius 3 is 2.38 bits per heavy atom. The zero-order valence-electron chi connectivity index (χ0n) is 18.5. The van der Waals surface area contributed by atoms with Gasteiger partial charge < -0.3 is 15.1 Å². The molecule has 0 spiro atoms. The van der Waals surface area contributed by atoms with Gasteiger partial charge in [-0.3, -0.25) is 21.5 Å². The van der Waals surface area contributed by atoms with E-state index in [-0.39, 0.29) is 11.7 Å². The van der Waals surface area contributed by atoms with Crippen LogP contribution >= 0.6 is 11.6 Å². The number of hydrogen-bond acceptors (Lipinski definition) is 6. The fraction of sp³-hybridized carbons (Fsp3) is 0.304. The minimum Gasteiger partial charge on any atom is -0.347 e. The van der Waals surface area contributed by atoms with Gasteiger partial charge in [0.25, 0.3) is 0 Å². The maximum absolute atomic E-state index is 12.9. The van der Waals surface area contributed by atoms with E-state index in [0.717, 1.165) is 24.1 Å². The second-order valence-electron chi connectivity index (χ2n) is 7.89. The molecule has 1 atom stereocenters. The Labute approximate surface area is 200 Å². The second-order valence-corrected chi connectivity index (χ2v) is 8.33. The minimum atomic E-state index is -4.43. The van der Waals surface area contributed by atoms with E-state index in [2.05, 4.69) is 5.32 Å². The average Bonchev–Trinajstić information content (AvgIpc) is 3.27. The zero-order valence-corrected chi connectivity index (χ0v) is 19.2. The van der Waals surface area contributed by atoms with Crippen molar-refractivity contribution in [2.45, 2.75) is 38.5 Å². The Kier molecular flexibility index (Phi) is 8.06. The number of halogens is 4. The lowest BCUT2D eigenvalue weighted by Crippen LogP contribution is -2.47. The molecule has 1 heterocycles. The van der Waals surface area contributed by atoms with E-state index < -0.39 is 17.8 Å². The third kappa shape index (κ3) is 6.21. The predicted molar refractivity (Wildman–Crippen MR) is 126 cm³/mol. The molecule has 1 aliphatic heterocycles. The van der Waals surface area contributed by atoms with Crippen molar-refractivity contribution in [1.29, 1.82) is 10.8 Å². The minimum absolute atomic E-state index is 0.202. The first kappa shape index (κ1) is 25.4. The molecule has 1 saturated heterocycles. The van der Waals surface area contributed by atoms with E-state index >= 15 is 0 Å². The SMILES string of the molecule is CC(=N)N(Cc1ccc(Cl)cc1)C(=N)C1CCCN1/C(=C/NO)Nc1ccc(C(F)(F)F)cc1. The van der Waals surface area contributed by atoms with E-state index in [1.807, 2.05) is 22.5 Å². The summed E-state index contributed by atoms with van der Waals surface area (Å²) in [5.41, 5.74) is 2.50. The molecule has 1 fully saturated rings. The van der Waals surface area contributed by atoms with Gasteiger partial charge in [-0.25, -0.2) is 0 Å². The largest absolute Gasteiger partial charge is 0.416 e. The molecule has 2 aromatic rings. The van der Waals surface area contributed by atoms with E-state index in [1.54, 1.807) is 24.0 Å². The molecule has 5 N–H and O–H groups in total. The Bertz CT molecular complexity index is 1040. The van der Waals surface area contributed by atoms with Gasteiger partial charge in [0.2, 0.25) is 0 Å². The molecule has 182 valence electrons. The lowest BCUT2D eigenvalue weighted by Gasteiger charge is -2.34. The standard InChI is InChI=1S/C23H26ClF3N6O/c1-15(28)33(14-16-4-8-18(24)9-5-16)22(29)20-3-2-12-32(20)21(13-30-34)31-19-10-6-17(7-11-19)23(25,26)27/h4-11,13,20,28-31,34H,2-3,12,14H2,1H3/b21-13+,28-15?,29-22?. The van der Waals surface area contributed by atoms with Crippen LogP contribution < -0.4 is 10.8 Å². The molecule has 7 nitrogen and oxygen atoms in total. The van der Waals surface area contributed by atoms with Gasteiger partial charge in [0, 0.05) is 17.3 Å². The molecule has 0 saturated carbocycles. The molecule has 11 heteroatoms. The third-order valence-electron chi connectivity index (χ3n) is 5.51. The first-order valence-electron chi connectivity index (χ1n) is 10.6. The number of anilines is 1. The molecule has 0 bridgehead atoms. The predicted octanol–water partition coefficient (Wildman–Crippen LogP) is 5.49. The molecule has 2 aromatic carbocycles. The van der Waals surface area contributed by atoms with E-state index in [4.69, 9.17) is 22.4 Å². The maximum Gasteiger partial charge on any atom is 0.416 e. The summed E-state index contributed by atoms with van der Waals surface area (Å²) in [6.45, 7) is 2.48. The Morgan fingerprint density at radius 1 is 1.18 bits per heavy atom. The zero-order chi connectivity index (χ0) is 24.9. The van der Waals surface area contributed by atoms with Crippen LogP contribution in [0.3, 0.4) is 0 Å². The summed E-state index contributed by atoms with van der Waals surface area (Å²) in [5, 5.41) is 30.0. The van der Waals surface area contributed by atoms with Gasteiger partial charge in [0.1, 0.15) is 11.7 Å². The van der Waals surface area contributed by atoms with Crippen molar-refractivity contribution in [3.05, 3.63) is 76.7 Å². The smallest absolute Gasteiger partial charge is 0.347 e. The van der Waals surface area contributed by atoms with Crippen molar-refractivity contribution >= 4 is 29.0 Å². The number of hydroxylamine groups is 1. The summed E-state index contributed by atoms with van der Waals surface area (Å²) in [7, 11) is 0. The fourth-order valence-electron chi connectivity index (χ4n) is 3.82. The van der Waals surface area contributed by atoms with Crippen LogP contribution in [-0.4, -0.2) is 39.3 Å². The fourth-order valence-corrected chi connectivity index (χ4v) is 3.94. The Hall–Kier alpha value is -3.24. The summed E-state index contributed by atoms with van der Waals surface area (Å²) in [4.78, 5) is 3.44. The summed E-state index contributed by atoms with van der Waals surface area (Å²) in [6.07, 6.45) is -1.75. The highest BCUT2D eigenvalue weighted by molar-refractivity contribution is 6.30. The average molecular weight is 495 g/mol. The van der Waals surface area contributed by atoms with Crippen molar-refractivity contribution < 1.29 is 18.4 Å². The molecule has 0 radical (unpaired) electrons. The Morgan fingerprint density at radius 2 is 1.82 bits per heavy atom. The van der Waals surface area contributed by atoms with Crippen LogP contribution in [0.4, 0.5) is 18.9 Å². The molecule has 0 aromatic heterocycles. The van der Waals surface area contributed by atoms with Gasteiger partial charge in [-0.15, -0.1) is 0 Å². The monoisotopic (exact) mass is 494 g/mol. The van der Waals surface area contributed by atoms with Crippen LogP contribution in [0.2, 0.25) is 5.02 Å².